The molecule has 0 radical (unpaired) electrons. The molecule has 7 heteroatoms. The Balaban J connectivity index is 1.66. The highest BCUT2D eigenvalue weighted by atomic mass is 19.1. The second-order valence-electron chi connectivity index (χ2n) is 8.01. The van der Waals surface area contributed by atoms with Crippen LogP contribution in [0.25, 0.3) is 10.9 Å². The number of halogens is 1. The van der Waals surface area contributed by atoms with Crippen molar-refractivity contribution in [3.8, 4) is 5.75 Å². The molecule has 0 unspecified atom stereocenters. The van der Waals surface area contributed by atoms with Crippen molar-refractivity contribution in [2.24, 2.45) is 0 Å². The van der Waals surface area contributed by atoms with Crippen molar-refractivity contribution in [2.75, 3.05) is 12.4 Å². The summed E-state index contributed by atoms with van der Waals surface area (Å²) in [7, 11) is 1.58. The Morgan fingerprint density at radius 3 is 2.44 bits per heavy atom. The minimum atomic E-state index is -0.532. The van der Waals surface area contributed by atoms with E-state index in [2.05, 4.69) is 17.2 Å². The summed E-state index contributed by atoms with van der Waals surface area (Å²) >= 11 is 0. The van der Waals surface area contributed by atoms with E-state index in [4.69, 9.17) is 4.74 Å². The molecular weight excluding hydrogens is 433 g/mol. The van der Waals surface area contributed by atoms with Crippen LogP contribution in [0.4, 0.5) is 14.9 Å². The van der Waals surface area contributed by atoms with Crippen LogP contribution < -0.4 is 15.6 Å². The first-order valence-electron chi connectivity index (χ1n) is 11.0. The molecule has 0 aliphatic rings. The number of pyridine rings is 1. The number of aromatic amines is 1. The predicted octanol–water partition coefficient (Wildman–Crippen LogP) is 5.47. The standard InChI is InChI=1S/C27H26FN3O3/c1-3-18-10-13-24-20(14-18)15-21(26(32)29-24)17-31(16-19-8-11-22(34-2)12-9-19)27(33)30-25-7-5-4-6-23(25)28/h4-15H,3,16-17H2,1-2H3,(H,29,32)(H,30,33). The van der Waals surface area contributed by atoms with E-state index in [1.165, 1.54) is 17.0 Å². The van der Waals surface area contributed by atoms with Gasteiger partial charge in [-0.05, 0) is 65.4 Å². The number of ether oxygens (including phenoxy) is 1. The molecule has 1 aromatic heterocycles. The molecule has 2 amide bonds. The first-order chi connectivity index (χ1) is 16.5. The summed E-state index contributed by atoms with van der Waals surface area (Å²) in [6.07, 6.45) is 0.874. The number of fused-ring (bicyclic) bond motifs is 1. The molecular formula is C27H26FN3O3. The maximum absolute atomic E-state index is 14.2. The van der Waals surface area contributed by atoms with E-state index < -0.39 is 11.8 Å². The molecule has 0 saturated heterocycles. The molecule has 6 nitrogen and oxygen atoms in total. The summed E-state index contributed by atoms with van der Waals surface area (Å²) in [5.74, 6) is 0.166. The first-order valence-corrected chi connectivity index (χ1v) is 11.0. The molecule has 0 spiro atoms. The van der Waals surface area contributed by atoms with E-state index >= 15 is 0 Å². The lowest BCUT2D eigenvalue weighted by molar-refractivity contribution is 0.206. The zero-order valence-corrected chi connectivity index (χ0v) is 19.1. The molecule has 34 heavy (non-hydrogen) atoms. The molecule has 0 aliphatic heterocycles. The van der Waals surface area contributed by atoms with E-state index in [0.717, 1.165) is 28.5 Å². The largest absolute Gasteiger partial charge is 0.497 e. The Morgan fingerprint density at radius 2 is 1.74 bits per heavy atom. The van der Waals surface area contributed by atoms with E-state index in [1.54, 1.807) is 31.4 Å². The molecule has 0 aliphatic carbocycles. The highest BCUT2D eigenvalue weighted by molar-refractivity contribution is 5.89. The molecule has 0 fully saturated rings. The molecule has 0 bridgehead atoms. The number of urea groups is 1. The van der Waals surface area contributed by atoms with Crippen LogP contribution >= 0.6 is 0 Å². The lowest BCUT2D eigenvalue weighted by atomic mass is 10.1. The van der Waals surface area contributed by atoms with Crippen LogP contribution in [0.2, 0.25) is 0 Å². The molecule has 2 N–H and O–H groups in total. The van der Waals surface area contributed by atoms with Crippen LogP contribution in [0.5, 0.6) is 5.75 Å². The van der Waals surface area contributed by atoms with Gasteiger partial charge in [0.25, 0.3) is 5.56 Å². The number of carbonyl (C=O) groups is 1. The molecule has 0 atom stereocenters. The predicted molar refractivity (Wildman–Crippen MR) is 132 cm³/mol. The summed E-state index contributed by atoms with van der Waals surface area (Å²) in [6, 6.07) is 20.5. The summed E-state index contributed by atoms with van der Waals surface area (Å²) in [6.45, 7) is 2.34. The Labute approximate surface area is 197 Å². The number of para-hydroxylation sites is 1. The number of carbonyl (C=O) groups excluding carboxylic acids is 1. The fraction of sp³-hybridized carbons (Fsp3) is 0.185. The third-order valence-electron chi connectivity index (χ3n) is 5.69. The van der Waals surface area contributed by atoms with Gasteiger partial charge in [0, 0.05) is 17.6 Å². The number of nitrogens with one attached hydrogen (secondary N) is 2. The zero-order valence-electron chi connectivity index (χ0n) is 19.1. The van der Waals surface area contributed by atoms with Crippen molar-refractivity contribution < 1.29 is 13.9 Å². The van der Waals surface area contributed by atoms with E-state index in [1.807, 2.05) is 36.4 Å². The topological polar surface area (TPSA) is 74.4 Å². The SMILES string of the molecule is CCc1ccc2[nH]c(=O)c(CN(Cc3ccc(OC)cc3)C(=O)Nc3ccccc3F)cc2c1. The fourth-order valence-electron chi connectivity index (χ4n) is 3.75. The molecule has 1 heterocycles. The van der Waals surface area contributed by atoms with Crippen molar-refractivity contribution in [3.63, 3.8) is 0 Å². The lowest BCUT2D eigenvalue weighted by Crippen LogP contribution is -2.36. The molecule has 0 saturated carbocycles. The number of amides is 2. The number of anilines is 1. The Hall–Kier alpha value is -4.13. The smallest absolute Gasteiger partial charge is 0.322 e. The number of hydrogen-bond donors (Lipinski definition) is 2. The average molecular weight is 460 g/mol. The maximum Gasteiger partial charge on any atom is 0.322 e. The van der Waals surface area contributed by atoms with Gasteiger partial charge in [0.2, 0.25) is 0 Å². The van der Waals surface area contributed by atoms with E-state index in [0.29, 0.717) is 11.3 Å². The Morgan fingerprint density at radius 1 is 1.00 bits per heavy atom. The van der Waals surface area contributed by atoms with Crippen molar-refractivity contribution in [1.82, 2.24) is 9.88 Å². The van der Waals surface area contributed by atoms with Crippen LogP contribution in [0.3, 0.4) is 0 Å². The van der Waals surface area contributed by atoms with Crippen LogP contribution in [0.1, 0.15) is 23.6 Å². The van der Waals surface area contributed by atoms with Crippen LogP contribution in [0.15, 0.2) is 77.6 Å². The van der Waals surface area contributed by atoms with Gasteiger partial charge < -0.3 is 19.9 Å². The minimum Gasteiger partial charge on any atom is -0.497 e. The van der Waals surface area contributed by atoms with Gasteiger partial charge in [-0.15, -0.1) is 0 Å². The number of methoxy groups -OCH3 is 1. The van der Waals surface area contributed by atoms with Crippen molar-refractivity contribution in [3.05, 3.63) is 106 Å². The number of hydrogen-bond acceptors (Lipinski definition) is 3. The van der Waals surface area contributed by atoms with Crippen molar-refractivity contribution in [2.45, 2.75) is 26.4 Å². The maximum atomic E-state index is 14.2. The molecule has 4 aromatic rings. The van der Waals surface area contributed by atoms with Crippen LogP contribution in [-0.2, 0) is 19.5 Å². The fourth-order valence-corrected chi connectivity index (χ4v) is 3.75. The number of rotatable bonds is 7. The average Bonchev–Trinajstić information content (AvgIpc) is 2.85. The Kier molecular flexibility index (Phi) is 6.92. The summed E-state index contributed by atoms with van der Waals surface area (Å²) in [4.78, 5) is 30.4. The van der Waals surface area contributed by atoms with Crippen LogP contribution in [0, 0.1) is 5.82 Å². The van der Waals surface area contributed by atoms with E-state index in [-0.39, 0.29) is 24.3 Å². The molecule has 174 valence electrons. The summed E-state index contributed by atoms with van der Waals surface area (Å²) in [5.41, 5.74) is 2.98. The quantitative estimate of drug-likeness (QED) is 0.385. The number of aromatic nitrogens is 1. The Bertz CT molecular complexity index is 1370. The highest BCUT2D eigenvalue weighted by Gasteiger charge is 2.18. The van der Waals surface area contributed by atoms with Gasteiger partial charge in [-0.1, -0.05) is 37.3 Å². The number of nitrogens with zero attached hydrogens (tertiary/aromatic N) is 1. The zero-order chi connectivity index (χ0) is 24.1. The number of aryl methyl sites for hydroxylation is 1. The van der Waals surface area contributed by atoms with E-state index in [9.17, 15) is 14.0 Å². The van der Waals surface area contributed by atoms with Crippen LogP contribution in [-0.4, -0.2) is 23.0 Å². The summed E-state index contributed by atoms with van der Waals surface area (Å²) in [5, 5.41) is 3.52. The van der Waals surface area contributed by atoms with Crippen molar-refractivity contribution >= 4 is 22.6 Å². The minimum absolute atomic E-state index is 0.0495. The van der Waals surface area contributed by atoms with Gasteiger partial charge in [0.15, 0.2) is 0 Å². The highest BCUT2D eigenvalue weighted by Crippen LogP contribution is 2.19. The van der Waals surface area contributed by atoms with Crippen molar-refractivity contribution in [1.29, 1.82) is 0 Å². The van der Waals surface area contributed by atoms with Gasteiger partial charge in [-0.2, -0.15) is 0 Å². The third-order valence-corrected chi connectivity index (χ3v) is 5.69. The number of benzene rings is 3. The lowest BCUT2D eigenvalue weighted by Gasteiger charge is -2.23. The van der Waals surface area contributed by atoms with Gasteiger partial charge in [-0.3, -0.25) is 4.79 Å². The van der Waals surface area contributed by atoms with Gasteiger partial charge >= 0.3 is 6.03 Å². The third kappa shape index (κ3) is 5.26. The van der Waals surface area contributed by atoms with Gasteiger partial charge in [0.05, 0.1) is 19.3 Å². The molecule has 3 aromatic carbocycles. The second-order valence-corrected chi connectivity index (χ2v) is 8.01. The normalized spacial score (nSPS) is 10.8. The van der Waals surface area contributed by atoms with Gasteiger partial charge in [-0.25, -0.2) is 9.18 Å². The number of H-pyrrole nitrogens is 1. The summed E-state index contributed by atoms with van der Waals surface area (Å²) < 4.78 is 19.4. The van der Waals surface area contributed by atoms with Gasteiger partial charge in [0.1, 0.15) is 11.6 Å². The monoisotopic (exact) mass is 459 g/mol. The second kappa shape index (κ2) is 10.2. The first kappa shape index (κ1) is 23.0. The molecule has 4 rings (SSSR count).